The molecule has 0 spiro atoms. The largest absolute Gasteiger partial charge is 0.459 e. The van der Waals surface area contributed by atoms with Crippen molar-refractivity contribution in [3.63, 3.8) is 0 Å². The standard InChI is InChI=1S/C27H23Cl2N3O5.C21H21ClO5.C13H17ClN4O.C12H15ClN4O2.C12H13ClN4O2.C11H13ClN4O3/c1-15-3-7-17(8-4-15)25(33)35-14-21-20(37-26(34)18-9-5-16(2)6-10-18)13-22(36-21)32-12-11-19-23(28)30-27(29)31-24(19)32;1-13-3-7-15(8-4-13)20(23)25-12-18-17(11-19(22)26-18)27-21(24)16-9-5-14(2)6-10-16;1-3-9-7(2)6-10(19-9)18-5-4-8-11(15)16-13(14)17-12(8)18;2*1-6-4-9(19-8(6)5-18)17-3-2-7-10(14)15-12(13)16-11(7)17;12-11-14-9(13)5-1-2-16(10(5)15-11)8-3-6(18)7(4-17)19-8/h3-12,20-22H,13-14H2,1-2H3;3-10,17-19H,11-12H2,1-2H3;4-5,7,9-10H,3,6H2,1-2H3,(H2,15,16,17);2-3,6,8-9,18H,4-5H2,1H3,(H2,14,15,16);2-3,5-6,8-9H,4H2,1H3,(H2,14,15,16);1-2,6-8,17-18H,3-4H2,(H2,13,14,15)/t20-,21+,22+;17-,18+,19-;7-,9+,10+;2*6-,8+,9+;6-,7+,8+/m000000/s1. The molecular formula is C96H102Cl7N19O18. The number of carbonyl (C=O) groups excluding carboxylic acids is 5. The quantitative estimate of drug-likeness (QED) is 0.00987. The van der Waals surface area contributed by atoms with Crippen LogP contribution in [-0.4, -0.2) is 205 Å². The average molecular weight is 2060 g/mol. The first kappa shape index (κ1) is 103. The van der Waals surface area contributed by atoms with Crippen LogP contribution in [0.5, 0.6) is 0 Å². The number of rotatable bonds is 19. The highest BCUT2D eigenvalue weighted by Crippen LogP contribution is 2.43. The summed E-state index contributed by atoms with van der Waals surface area (Å²) >= 11 is 41.7. The van der Waals surface area contributed by atoms with Gasteiger partial charge < -0.3 is 113 Å². The van der Waals surface area contributed by atoms with Gasteiger partial charge in [0.05, 0.1) is 80.7 Å². The number of aromatic nitrogens is 15. The lowest BCUT2D eigenvalue weighted by Crippen LogP contribution is -2.32. The second kappa shape index (κ2) is 45.5. The zero-order chi connectivity index (χ0) is 99.8. The highest BCUT2D eigenvalue weighted by molar-refractivity contribution is 6.35. The van der Waals surface area contributed by atoms with Crippen molar-refractivity contribution in [1.82, 2.24) is 72.7 Å². The Labute approximate surface area is 837 Å². The minimum atomic E-state index is -0.709. The summed E-state index contributed by atoms with van der Waals surface area (Å²) in [6.45, 7) is 15.8. The molecule has 738 valence electrons. The van der Waals surface area contributed by atoms with Crippen LogP contribution in [0.4, 0.5) is 23.3 Å². The predicted octanol–water partition coefficient (Wildman–Crippen LogP) is 16.4. The highest BCUT2D eigenvalue weighted by Gasteiger charge is 2.44. The number of benzene rings is 4. The molecule has 11 N–H and O–H groups in total. The number of aliphatic hydroxyl groups is 3. The maximum atomic E-state index is 12.9. The number of nitrogens with two attached hydrogens (primary N) is 4. The summed E-state index contributed by atoms with van der Waals surface area (Å²) in [6, 6.07) is 37.4. The normalized spacial score (nSPS) is 24.0. The van der Waals surface area contributed by atoms with Crippen molar-refractivity contribution in [2.75, 3.05) is 49.4 Å². The number of aldehydes is 1. The molecule has 20 rings (SSSR count). The van der Waals surface area contributed by atoms with E-state index in [1.165, 1.54) is 0 Å². The van der Waals surface area contributed by atoms with Gasteiger partial charge in [-0.2, -0.15) is 24.9 Å². The van der Waals surface area contributed by atoms with Crippen molar-refractivity contribution in [1.29, 1.82) is 0 Å². The third-order valence-corrected chi connectivity index (χ3v) is 26.1. The number of esters is 4. The van der Waals surface area contributed by atoms with E-state index in [1.54, 1.807) is 82.2 Å². The smallest absolute Gasteiger partial charge is 0.338 e. The van der Waals surface area contributed by atoms with Gasteiger partial charge in [0.15, 0.2) is 0 Å². The Balaban J connectivity index is 0.000000130. The Hall–Kier alpha value is -11.6. The second-order valence-corrected chi connectivity index (χ2v) is 37.2. The maximum Gasteiger partial charge on any atom is 0.338 e. The minimum Gasteiger partial charge on any atom is -0.459 e. The van der Waals surface area contributed by atoms with Crippen LogP contribution in [0, 0.1) is 45.4 Å². The van der Waals surface area contributed by atoms with E-state index in [-0.39, 0.29) is 94.8 Å². The Morgan fingerprint density at radius 2 is 0.679 bits per heavy atom. The molecule has 0 amide bonds. The molecule has 6 saturated heterocycles. The Kier molecular flexibility index (Phi) is 33.4. The van der Waals surface area contributed by atoms with Crippen LogP contribution in [0.2, 0.25) is 31.6 Å². The number of hydrogen-bond acceptors (Lipinski definition) is 32. The van der Waals surface area contributed by atoms with Crippen molar-refractivity contribution >= 4 is 190 Å². The number of alkyl halides is 1. The number of carbonyl (C=O) groups is 5. The molecule has 37 nitrogen and oxygen atoms in total. The predicted molar refractivity (Wildman–Crippen MR) is 525 cm³/mol. The summed E-state index contributed by atoms with van der Waals surface area (Å²) in [5.74, 6) is 0.523. The maximum absolute atomic E-state index is 12.9. The van der Waals surface area contributed by atoms with Gasteiger partial charge in [0.2, 0.25) is 26.4 Å². The molecule has 4 aromatic carbocycles. The van der Waals surface area contributed by atoms with Gasteiger partial charge in [-0.05, 0) is 208 Å². The van der Waals surface area contributed by atoms with E-state index in [9.17, 15) is 34.2 Å². The van der Waals surface area contributed by atoms with Crippen molar-refractivity contribution in [3.8, 4) is 0 Å². The molecule has 0 unspecified atom stereocenters. The fraction of sp³-hybridized carbons (Fsp3) is 0.385. The molecule has 0 bridgehead atoms. The number of nitrogens with zero attached hydrogens (tertiary/aromatic N) is 15. The Morgan fingerprint density at radius 3 is 1.03 bits per heavy atom. The highest BCUT2D eigenvalue weighted by atomic mass is 35.5. The van der Waals surface area contributed by atoms with Gasteiger partial charge in [-0.15, -0.1) is 0 Å². The van der Waals surface area contributed by atoms with Crippen LogP contribution in [0.3, 0.4) is 0 Å². The summed E-state index contributed by atoms with van der Waals surface area (Å²) in [7, 11) is 0. The van der Waals surface area contributed by atoms with Gasteiger partial charge in [-0.1, -0.05) is 122 Å². The molecule has 0 radical (unpaired) electrons. The molecule has 16 heterocycles. The second-order valence-electron chi connectivity index (χ2n) is 34.6. The van der Waals surface area contributed by atoms with Gasteiger partial charge >= 0.3 is 23.9 Å². The molecule has 6 aliphatic rings. The lowest BCUT2D eigenvalue weighted by Gasteiger charge is -2.19. The topological polar surface area (TPSA) is 496 Å². The molecule has 18 atom stereocenters. The number of ether oxygens (including phenoxy) is 10. The number of halogens is 7. The lowest BCUT2D eigenvalue weighted by molar-refractivity contribution is -0.120. The van der Waals surface area contributed by atoms with E-state index in [0.717, 1.165) is 76.0 Å². The van der Waals surface area contributed by atoms with Gasteiger partial charge in [-0.3, -0.25) is 0 Å². The number of hydrogen-bond donors (Lipinski definition) is 7. The van der Waals surface area contributed by atoms with E-state index in [0.29, 0.717) is 116 Å². The van der Waals surface area contributed by atoms with Crippen LogP contribution >= 0.6 is 81.2 Å². The monoisotopic (exact) mass is 2050 g/mol. The molecule has 14 aromatic rings. The van der Waals surface area contributed by atoms with E-state index in [1.807, 2.05) is 134 Å². The van der Waals surface area contributed by atoms with Crippen LogP contribution in [0.25, 0.3) is 55.2 Å². The zero-order valence-corrected chi connectivity index (χ0v) is 82.2. The van der Waals surface area contributed by atoms with Gasteiger partial charge in [0.25, 0.3) is 0 Å². The van der Waals surface area contributed by atoms with Crippen molar-refractivity contribution in [3.05, 3.63) is 234 Å². The summed E-state index contributed by atoms with van der Waals surface area (Å²) in [6.07, 6.45) is 9.12. The van der Waals surface area contributed by atoms with Gasteiger partial charge in [0, 0.05) is 50.2 Å². The molecule has 6 fully saturated rings. The van der Waals surface area contributed by atoms with Crippen LogP contribution < -0.4 is 22.9 Å². The fourth-order valence-electron chi connectivity index (χ4n) is 17.0. The minimum absolute atomic E-state index is 0.00127. The summed E-state index contributed by atoms with van der Waals surface area (Å²) in [4.78, 5) is 102. The van der Waals surface area contributed by atoms with E-state index >= 15 is 0 Å². The van der Waals surface area contributed by atoms with Crippen molar-refractivity contribution in [2.24, 2.45) is 17.8 Å². The number of aryl methyl sites for hydroxylation is 4. The van der Waals surface area contributed by atoms with E-state index in [4.69, 9.17) is 157 Å². The first-order chi connectivity index (χ1) is 67.1. The fourth-order valence-corrected chi connectivity index (χ4v) is 18.4. The average Bonchev–Trinajstić information content (AvgIpc) is 1.65. The summed E-state index contributed by atoms with van der Waals surface area (Å²) in [5, 5.41) is 32.4. The van der Waals surface area contributed by atoms with Gasteiger partial charge in [-0.25, -0.2) is 44.1 Å². The van der Waals surface area contributed by atoms with Crippen LogP contribution in [-0.2, 0) is 52.2 Å². The number of aliphatic hydroxyl groups excluding tert-OH is 3. The lowest BCUT2D eigenvalue weighted by atomic mass is 10.0. The molecule has 6 aliphatic heterocycles. The first-order valence-electron chi connectivity index (χ1n) is 44.9. The molecular weight excluding hydrogens is 1960 g/mol. The Bertz CT molecular complexity index is 6510. The number of nitrogen functional groups attached to an aromatic ring is 4. The summed E-state index contributed by atoms with van der Waals surface area (Å²) in [5.41, 5.74) is 31.6. The number of anilines is 4. The molecule has 140 heavy (non-hydrogen) atoms. The van der Waals surface area contributed by atoms with Crippen molar-refractivity contribution in [2.45, 2.75) is 192 Å². The van der Waals surface area contributed by atoms with Crippen molar-refractivity contribution < 1.29 is 86.7 Å². The number of fused-ring (bicyclic) bond motifs is 5. The Morgan fingerprint density at radius 1 is 0.379 bits per heavy atom. The zero-order valence-electron chi connectivity index (χ0n) is 76.9. The molecule has 10 aromatic heterocycles. The third kappa shape index (κ3) is 24.1. The molecule has 0 aliphatic carbocycles. The van der Waals surface area contributed by atoms with E-state index < -0.39 is 78.5 Å². The van der Waals surface area contributed by atoms with E-state index in [2.05, 4.69) is 70.6 Å². The SMILES string of the molecule is CC[C@H]1O[C@@H](n2ccc3c(N)nc(Cl)nc32)C[C@@H]1C.C[C@H]1C[C@H](n2ccc3c(N)nc(Cl)nc32)O[C@@H]1C=O.C[C@H]1C[C@H](n2ccc3c(N)nc(Cl)nc32)O[C@@H]1CO.Cc1ccc(C(=O)OC[C@H]2O[C@@H](n3ccc4c(Cl)nc(Cl)nc43)C[C@@H]2OC(=O)c2ccc(C)cc2)cc1.Cc1ccc(C(=O)OC[C@H]2O[C@H](Cl)C[C@@H]2OC(=O)c2ccc(C)cc2)cc1.Nc1nc(Cl)nc2c1ccn2[C@H]1C[C@H](O)[C@@H](CO)O1. The third-order valence-electron chi connectivity index (χ3n) is 24.7. The summed E-state index contributed by atoms with van der Waals surface area (Å²) < 4.78 is 66.4. The molecule has 44 heteroatoms. The molecule has 0 saturated carbocycles. The van der Waals surface area contributed by atoms with Crippen LogP contribution in [0.1, 0.15) is 167 Å². The van der Waals surface area contributed by atoms with Crippen LogP contribution in [0.15, 0.2) is 158 Å². The first-order valence-corrected chi connectivity index (χ1v) is 47.6. The van der Waals surface area contributed by atoms with Gasteiger partial charge in [0.1, 0.15) is 149 Å².